The van der Waals surface area contributed by atoms with Gasteiger partial charge in [0.15, 0.2) is 0 Å². The molecular weight excluding hydrogens is 262 g/mol. The third kappa shape index (κ3) is 2.00. The summed E-state index contributed by atoms with van der Waals surface area (Å²) in [4.78, 5) is 16.8. The van der Waals surface area contributed by atoms with Crippen molar-refractivity contribution in [3.05, 3.63) is 65.5 Å². The van der Waals surface area contributed by atoms with E-state index in [4.69, 9.17) is 4.98 Å². The molecule has 2 heterocycles. The zero-order valence-electron chi connectivity index (χ0n) is 11.5. The number of aromatic nitrogens is 2. The highest BCUT2D eigenvalue weighted by Crippen LogP contribution is 2.23. The van der Waals surface area contributed by atoms with Crippen LogP contribution >= 0.6 is 0 Å². The molecule has 4 heteroatoms. The predicted molar refractivity (Wildman–Crippen MR) is 81.3 cm³/mol. The van der Waals surface area contributed by atoms with Gasteiger partial charge >= 0.3 is 0 Å². The van der Waals surface area contributed by atoms with Gasteiger partial charge in [-0.2, -0.15) is 0 Å². The Morgan fingerprint density at radius 3 is 2.81 bits per heavy atom. The summed E-state index contributed by atoms with van der Waals surface area (Å²) in [5, 5.41) is 2.94. The van der Waals surface area contributed by atoms with Gasteiger partial charge in [0.05, 0.1) is 16.6 Å². The van der Waals surface area contributed by atoms with Gasteiger partial charge in [-0.3, -0.25) is 4.79 Å². The average Bonchev–Trinajstić information content (AvgIpc) is 2.75. The Bertz CT molecular complexity index is 821. The van der Waals surface area contributed by atoms with Gasteiger partial charge in [-0.1, -0.05) is 36.4 Å². The van der Waals surface area contributed by atoms with Crippen LogP contribution in [0.1, 0.15) is 21.7 Å². The number of imidazole rings is 1. The Kier molecular flexibility index (Phi) is 2.74. The molecule has 0 saturated heterocycles. The maximum absolute atomic E-state index is 12.1. The molecule has 0 atom stereocenters. The van der Waals surface area contributed by atoms with E-state index in [0.29, 0.717) is 6.54 Å². The normalized spacial score (nSPS) is 14.0. The van der Waals surface area contributed by atoms with Crippen molar-refractivity contribution in [2.24, 2.45) is 0 Å². The zero-order chi connectivity index (χ0) is 14.2. The number of amides is 1. The Balaban J connectivity index is 1.89. The van der Waals surface area contributed by atoms with Gasteiger partial charge in [-0.15, -0.1) is 0 Å². The van der Waals surface area contributed by atoms with E-state index in [-0.39, 0.29) is 5.91 Å². The third-order valence-corrected chi connectivity index (χ3v) is 3.92. The Morgan fingerprint density at radius 2 is 1.95 bits per heavy atom. The molecule has 3 aromatic rings. The van der Waals surface area contributed by atoms with Gasteiger partial charge in [0.2, 0.25) is 0 Å². The highest BCUT2D eigenvalue weighted by atomic mass is 16.1. The SMILES string of the molecule is O=C1NCCn2c(Cc3ccccc3)nc3cccc1c32. The summed E-state index contributed by atoms with van der Waals surface area (Å²) >= 11 is 0. The topological polar surface area (TPSA) is 46.9 Å². The standard InChI is InChI=1S/C17H15N3O/c21-17-13-7-4-8-14-16(13)20(10-9-18-17)15(19-14)11-12-5-2-1-3-6-12/h1-8H,9-11H2,(H,18,21). The van der Waals surface area contributed by atoms with Crippen LogP contribution in [-0.2, 0) is 13.0 Å². The Labute approximate surface area is 122 Å². The largest absolute Gasteiger partial charge is 0.350 e. The van der Waals surface area contributed by atoms with E-state index in [1.54, 1.807) is 0 Å². The number of rotatable bonds is 2. The first-order valence-corrected chi connectivity index (χ1v) is 7.13. The molecule has 0 radical (unpaired) electrons. The molecule has 4 rings (SSSR count). The van der Waals surface area contributed by atoms with E-state index in [1.165, 1.54) is 5.56 Å². The average molecular weight is 277 g/mol. The number of nitrogens with one attached hydrogen (secondary N) is 1. The summed E-state index contributed by atoms with van der Waals surface area (Å²) in [6.07, 6.45) is 0.781. The first-order valence-electron chi connectivity index (χ1n) is 7.13. The molecule has 0 aliphatic carbocycles. The van der Waals surface area contributed by atoms with Crippen molar-refractivity contribution in [3.8, 4) is 0 Å². The lowest BCUT2D eigenvalue weighted by atomic mass is 10.1. The molecule has 1 aliphatic rings. The molecular formula is C17H15N3O. The highest BCUT2D eigenvalue weighted by molar-refractivity contribution is 6.05. The fourth-order valence-corrected chi connectivity index (χ4v) is 2.95. The number of nitrogens with zero attached hydrogens (tertiary/aromatic N) is 2. The first kappa shape index (κ1) is 12.1. The second kappa shape index (κ2) is 4.74. The number of benzene rings is 2. The second-order valence-corrected chi connectivity index (χ2v) is 5.27. The van der Waals surface area contributed by atoms with Crippen LogP contribution in [0.15, 0.2) is 48.5 Å². The lowest BCUT2D eigenvalue weighted by molar-refractivity contribution is 0.0956. The molecule has 4 nitrogen and oxygen atoms in total. The fraction of sp³-hybridized carbons (Fsp3) is 0.176. The predicted octanol–water partition coefficient (Wildman–Crippen LogP) is 2.37. The minimum Gasteiger partial charge on any atom is -0.350 e. The van der Waals surface area contributed by atoms with Crippen LogP contribution in [0.3, 0.4) is 0 Å². The molecule has 21 heavy (non-hydrogen) atoms. The van der Waals surface area contributed by atoms with Crippen LogP contribution in [0.4, 0.5) is 0 Å². The van der Waals surface area contributed by atoms with Crippen molar-refractivity contribution < 1.29 is 4.79 Å². The zero-order valence-corrected chi connectivity index (χ0v) is 11.5. The maximum atomic E-state index is 12.1. The second-order valence-electron chi connectivity index (χ2n) is 5.27. The van der Waals surface area contributed by atoms with Crippen molar-refractivity contribution >= 4 is 16.9 Å². The summed E-state index contributed by atoms with van der Waals surface area (Å²) in [6, 6.07) is 16.0. The lowest BCUT2D eigenvalue weighted by Crippen LogP contribution is -2.24. The van der Waals surface area contributed by atoms with E-state index in [9.17, 15) is 4.79 Å². The van der Waals surface area contributed by atoms with Gasteiger partial charge in [0.25, 0.3) is 5.91 Å². The van der Waals surface area contributed by atoms with Crippen LogP contribution in [-0.4, -0.2) is 22.0 Å². The highest BCUT2D eigenvalue weighted by Gasteiger charge is 2.20. The summed E-state index contributed by atoms with van der Waals surface area (Å²) in [7, 11) is 0. The number of hydrogen-bond donors (Lipinski definition) is 1. The molecule has 0 saturated carbocycles. The lowest BCUT2D eigenvalue weighted by Gasteiger charge is -2.07. The molecule has 1 amide bonds. The molecule has 1 N–H and O–H groups in total. The molecule has 0 fully saturated rings. The van der Waals surface area contributed by atoms with E-state index in [1.807, 2.05) is 36.4 Å². The van der Waals surface area contributed by atoms with Crippen LogP contribution in [0.5, 0.6) is 0 Å². The van der Waals surface area contributed by atoms with E-state index in [0.717, 1.165) is 35.4 Å². The first-order chi connectivity index (χ1) is 10.3. The van der Waals surface area contributed by atoms with Crippen molar-refractivity contribution in [2.75, 3.05) is 6.54 Å². The quantitative estimate of drug-likeness (QED) is 0.781. The minimum atomic E-state index is -0.00879. The molecule has 0 bridgehead atoms. The van der Waals surface area contributed by atoms with Crippen molar-refractivity contribution in [3.63, 3.8) is 0 Å². The van der Waals surface area contributed by atoms with Crippen molar-refractivity contribution in [2.45, 2.75) is 13.0 Å². The number of para-hydroxylation sites is 1. The van der Waals surface area contributed by atoms with Crippen LogP contribution < -0.4 is 5.32 Å². The van der Waals surface area contributed by atoms with E-state index < -0.39 is 0 Å². The van der Waals surface area contributed by atoms with Gasteiger partial charge in [-0.25, -0.2) is 4.98 Å². The summed E-state index contributed by atoms with van der Waals surface area (Å²) in [5.74, 6) is 1.01. The van der Waals surface area contributed by atoms with Crippen LogP contribution in [0.2, 0.25) is 0 Å². The number of carbonyl (C=O) groups excluding carboxylic acids is 1. The molecule has 0 unspecified atom stereocenters. The molecule has 1 aliphatic heterocycles. The number of hydrogen-bond acceptors (Lipinski definition) is 2. The smallest absolute Gasteiger partial charge is 0.253 e. The van der Waals surface area contributed by atoms with E-state index in [2.05, 4.69) is 22.0 Å². The van der Waals surface area contributed by atoms with Crippen LogP contribution in [0.25, 0.3) is 11.0 Å². The van der Waals surface area contributed by atoms with Gasteiger partial charge < -0.3 is 9.88 Å². The van der Waals surface area contributed by atoms with Crippen molar-refractivity contribution in [1.82, 2.24) is 14.9 Å². The number of carbonyl (C=O) groups is 1. The van der Waals surface area contributed by atoms with E-state index >= 15 is 0 Å². The molecule has 1 aromatic heterocycles. The van der Waals surface area contributed by atoms with Crippen molar-refractivity contribution in [1.29, 1.82) is 0 Å². The Morgan fingerprint density at radius 1 is 1.10 bits per heavy atom. The summed E-state index contributed by atoms with van der Waals surface area (Å²) in [5.41, 5.74) is 3.81. The maximum Gasteiger partial charge on any atom is 0.253 e. The summed E-state index contributed by atoms with van der Waals surface area (Å²) < 4.78 is 2.18. The minimum absolute atomic E-state index is 0.00879. The third-order valence-electron chi connectivity index (χ3n) is 3.92. The molecule has 0 spiro atoms. The molecule has 104 valence electrons. The van der Waals surface area contributed by atoms with Gasteiger partial charge in [0, 0.05) is 19.5 Å². The van der Waals surface area contributed by atoms with Crippen LogP contribution in [0, 0.1) is 0 Å². The monoisotopic (exact) mass is 277 g/mol. The fourth-order valence-electron chi connectivity index (χ4n) is 2.95. The Hall–Kier alpha value is -2.62. The summed E-state index contributed by atoms with van der Waals surface area (Å²) in [6.45, 7) is 1.40. The van der Waals surface area contributed by atoms with Gasteiger partial charge in [0.1, 0.15) is 5.82 Å². The van der Waals surface area contributed by atoms with Gasteiger partial charge in [-0.05, 0) is 17.7 Å². The molecule has 2 aromatic carbocycles.